The molecule has 0 saturated carbocycles. The minimum absolute atomic E-state index is 0.739. The summed E-state index contributed by atoms with van der Waals surface area (Å²) in [4.78, 5) is 10.9. The maximum atomic E-state index is 9.32. The van der Waals surface area contributed by atoms with Crippen molar-refractivity contribution < 1.29 is 0 Å². The van der Waals surface area contributed by atoms with Gasteiger partial charge in [0, 0.05) is 30.8 Å². The zero-order valence-electron chi connectivity index (χ0n) is 11.7. The van der Waals surface area contributed by atoms with Gasteiger partial charge in [-0.25, -0.2) is 9.97 Å². The monoisotopic (exact) mass is 264 g/mol. The molecule has 0 radical (unpaired) electrons. The first-order chi connectivity index (χ1) is 9.69. The van der Waals surface area contributed by atoms with Crippen molar-refractivity contribution in [2.45, 2.75) is 26.8 Å². The van der Waals surface area contributed by atoms with Crippen LogP contribution in [0.5, 0.6) is 0 Å². The van der Waals surface area contributed by atoms with Crippen LogP contribution in [0, 0.1) is 25.2 Å². The Labute approximate surface area is 118 Å². The molecule has 20 heavy (non-hydrogen) atoms. The van der Waals surface area contributed by atoms with Gasteiger partial charge in [0.15, 0.2) is 0 Å². The lowest BCUT2D eigenvalue weighted by Gasteiger charge is -2.31. The second-order valence-electron chi connectivity index (χ2n) is 5.19. The first-order valence-corrected chi connectivity index (χ1v) is 6.74. The van der Waals surface area contributed by atoms with Crippen LogP contribution in [-0.4, -0.2) is 16.5 Å². The van der Waals surface area contributed by atoms with Crippen LogP contribution in [0.2, 0.25) is 0 Å². The summed E-state index contributed by atoms with van der Waals surface area (Å²) in [6.07, 6.45) is 2.54. The molecule has 1 aromatic carbocycles. The zero-order valence-corrected chi connectivity index (χ0v) is 11.7. The van der Waals surface area contributed by atoms with Crippen LogP contribution in [0.4, 0.5) is 5.69 Å². The van der Waals surface area contributed by atoms with Gasteiger partial charge in [0.25, 0.3) is 0 Å². The summed E-state index contributed by atoms with van der Waals surface area (Å²) in [5, 5.41) is 9.32. The van der Waals surface area contributed by atoms with E-state index in [1.165, 1.54) is 5.56 Å². The summed E-state index contributed by atoms with van der Waals surface area (Å²) < 4.78 is 0. The molecule has 1 aromatic heterocycles. The molecule has 100 valence electrons. The van der Waals surface area contributed by atoms with Crippen LogP contribution < -0.4 is 4.90 Å². The number of hydrogen-bond acceptors (Lipinski definition) is 4. The fourth-order valence-electron chi connectivity index (χ4n) is 2.70. The molecule has 0 atom stereocenters. The van der Waals surface area contributed by atoms with E-state index in [2.05, 4.69) is 27.0 Å². The minimum Gasteiger partial charge on any atom is -0.366 e. The molecule has 2 aromatic rings. The van der Waals surface area contributed by atoms with Gasteiger partial charge in [-0.2, -0.15) is 5.26 Å². The normalized spacial score (nSPS) is 13.8. The van der Waals surface area contributed by atoms with Crippen LogP contribution in [-0.2, 0) is 13.0 Å². The van der Waals surface area contributed by atoms with E-state index in [0.717, 1.165) is 47.7 Å². The summed E-state index contributed by atoms with van der Waals surface area (Å²) in [5.41, 5.74) is 6.23. The van der Waals surface area contributed by atoms with Gasteiger partial charge in [0.2, 0.25) is 0 Å². The molecule has 0 saturated heterocycles. The molecular weight excluding hydrogens is 248 g/mol. The first-order valence-electron chi connectivity index (χ1n) is 6.74. The van der Waals surface area contributed by atoms with E-state index in [-0.39, 0.29) is 0 Å². The number of aromatic nitrogens is 2. The Morgan fingerprint density at radius 2 is 2.10 bits per heavy atom. The van der Waals surface area contributed by atoms with Crippen LogP contribution in [0.1, 0.15) is 28.1 Å². The van der Waals surface area contributed by atoms with E-state index in [0.29, 0.717) is 0 Å². The van der Waals surface area contributed by atoms with Crippen molar-refractivity contribution in [2.24, 2.45) is 0 Å². The first kappa shape index (κ1) is 12.6. The molecule has 1 aliphatic heterocycles. The molecule has 0 unspecified atom stereocenters. The number of rotatable bonds is 1. The van der Waals surface area contributed by atoms with Crippen molar-refractivity contribution in [1.29, 1.82) is 5.26 Å². The highest BCUT2D eigenvalue weighted by atomic mass is 15.1. The van der Waals surface area contributed by atoms with Crippen LogP contribution in [0.25, 0.3) is 0 Å². The second kappa shape index (κ2) is 4.93. The number of nitriles is 1. The highest BCUT2D eigenvalue weighted by Gasteiger charge is 2.21. The molecule has 0 aliphatic carbocycles. The van der Waals surface area contributed by atoms with Crippen LogP contribution >= 0.6 is 0 Å². The Balaban J connectivity index is 1.99. The van der Waals surface area contributed by atoms with Gasteiger partial charge in [0.05, 0.1) is 16.9 Å². The molecule has 1 aliphatic rings. The van der Waals surface area contributed by atoms with Crippen molar-refractivity contribution >= 4 is 5.69 Å². The fraction of sp³-hybridized carbons (Fsp3) is 0.312. The molecular formula is C16H16N4. The predicted molar refractivity (Wildman–Crippen MR) is 77.4 cm³/mol. The summed E-state index contributed by atoms with van der Waals surface area (Å²) >= 11 is 0. The van der Waals surface area contributed by atoms with Gasteiger partial charge in [-0.1, -0.05) is 6.07 Å². The highest BCUT2D eigenvalue weighted by molar-refractivity contribution is 5.61. The van der Waals surface area contributed by atoms with E-state index in [4.69, 9.17) is 0 Å². The third kappa shape index (κ3) is 2.12. The molecule has 0 amide bonds. The average Bonchev–Trinajstić information content (AvgIpc) is 2.47. The molecule has 0 N–H and O–H groups in total. The van der Waals surface area contributed by atoms with Gasteiger partial charge in [-0.3, -0.25) is 0 Å². The van der Waals surface area contributed by atoms with Gasteiger partial charge in [-0.05, 0) is 31.5 Å². The van der Waals surface area contributed by atoms with Crippen molar-refractivity contribution in [2.75, 3.05) is 11.4 Å². The predicted octanol–water partition coefficient (Wildman–Crippen LogP) is 2.53. The fourth-order valence-corrected chi connectivity index (χ4v) is 2.70. The van der Waals surface area contributed by atoms with Gasteiger partial charge < -0.3 is 4.90 Å². The molecule has 0 bridgehead atoms. The number of fused-ring (bicyclic) bond motifs is 1. The van der Waals surface area contributed by atoms with Gasteiger partial charge in [-0.15, -0.1) is 0 Å². The van der Waals surface area contributed by atoms with E-state index < -0.39 is 0 Å². The molecule has 4 nitrogen and oxygen atoms in total. The Morgan fingerprint density at radius 3 is 2.90 bits per heavy atom. The van der Waals surface area contributed by atoms with E-state index in [1.54, 1.807) is 6.33 Å². The maximum absolute atomic E-state index is 9.32. The zero-order chi connectivity index (χ0) is 14.1. The summed E-state index contributed by atoms with van der Waals surface area (Å²) in [6.45, 7) is 5.69. The molecule has 0 fully saturated rings. The Hall–Kier alpha value is -2.41. The molecule has 0 spiro atoms. The smallest absolute Gasteiger partial charge is 0.115 e. The van der Waals surface area contributed by atoms with Crippen molar-refractivity contribution in [3.05, 3.63) is 52.6 Å². The van der Waals surface area contributed by atoms with Gasteiger partial charge >= 0.3 is 0 Å². The summed E-state index contributed by atoms with van der Waals surface area (Å²) in [7, 11) is 0. The van der Waals surface area contributed by atoms with Crippen molar-refractivity contribution in [3.63, 3.8) is 0 Å². The largest absolute Gasteiger partial charge is 0.366 e. The molecule has 3 rings (SSSR count). The number of nitrogens with zero attached hydrogens (tertiary/aromatic N) is 4. The summed E-state index contributed by atoms with van der Waals surface area (Å²) in [5.74, 6) is 0. The lowest BCUT2D eigenvalue weighted by molar-refractivity contribution is 0.697. The number of hydrogen-bond donors (Lipinski definition) is 0. The molecule has 4 heteroatoms. The van der Waals surface area contributed by atoms with Crippen molar-refractivity contribution in [3.8, 4) is 6.07 Å². The number of benzene rings is 1. The highest BCUT2D eigenvalue weighted by Crippen LogP contribution is 2.27. The Bertz CT molecular complexity index is 700. The Morgan fingerprint density at radius 1 is 1.25 bits per heavy atom. The standard InChI is InChI=1S/C16H16N4/c1-11-3-4-16(13(7-11)8-17)20-6-5-15-14(9-20)12(2)18-10-19-15/h3-4,7,10H,5-6,9H2,1-2H3. The van der Waals surface area contributed by atoms with Gasteiger partial charge in [0.1, 0.15) is 12.4 Å². The second-order valence-corrected chi connectivity index (χ2v) is 5.19. The van der Waals surface area contributed by atoms with E-state index in [9.17, 15) is 5.26 Å². The SMILES string of the molecule is Cc1ccc(N2CCc3ncnc(C)c3C2)c(C#N)c1. The molecule has 2 heterocycles. The van der Waals surface area contributed by atoms with E-state index >= 15 is 0 Å². The number of anilines is 1. The maximum Gasteiger partial charge on any atom is 0.115 e. The Kier molecular flexibility index (Phi) is 3.11. The summed E-state index contributed by atoms with van der Waals surface area (Å²) in [6, 6.07) is 8.34. The van der Waals surface area contributed by atoms with E-state index in [1.807, 2.05) is 26.0 Å². The minimum atomic E-state index is 0.739. The average molecular weight is 264 g/mol. The van der Waals surface area contributed by atoms with Crippen molar-refractivity contribution in [1.82, 2.24) is 9.97 Å². The van der Waals surface area contributed by atoms with Crippen LogP contribution in [0.3, 0.4) is 0 Å². The topological polar surface area (TPSA) is 52.8 Å². The lowest BCUT2D eigenvalue weighted by atomic mass is 10.0. The quantitative estimate of drug-likeness (QED) is 0.794. The third-order valence-corrected chi connectivity index (χ3v) is 3.83. The van der Waals surface area contributed by atoms with Crippen LogP contribution in [0.15, 0.2) is 24.5 Å². The third-order valence-electron chi connectivity index (χ3n) is 3.83. The number of aryl methyl sites for hydroxylation is 2. The lowest BCUT2D eigenvalue weighted by Crippen LogP contribution is -2.32.